The third-order valence-corrected chi connectivity index (χ3v) is 4.90. The number of nitrogens with one attached hydrogen (secondary N) is 1. The summed E-state index contributed by atoms with van der Waals surface area (Å²) < 4.78 is 5.44. The van der Waals surface area contributed by atoms with Crippen LogP contribution in [-0.2, 0) is 0 Å². The normalized spacial score (nSPS) is 12.3. The topological polar surface area (TPSA) is 42.2 Å². The van der Waals surface area contributed by atoms with Crippen LogP contribution >= 0.6 is 22.7 Å². The minimum atomic E-state index is -0.113. The average Bonchev–Trinajstić information content (AvgIpc) is 3.17. The van der Waals surface area contributed by atoms with Gasteiger partial charge in [0.1, 0.15) is 11.5 Å². The molecule has 0 aliphatic carbocycles. The van der Waals surface area contributed by atoms with Gasteiger partial charge < -0.3 is 9.73 Å². The number of carbonyl (C=O) groups excluding carboxylic acids is 1. The highest BCUT2D eigenvalue weighted by Crippen LogP contribution is 2.28. The van der Waals surface area contributed by atoms with Crippen molar-refractivity contribution in [2.75, 3.05) is 0 Å². The van der Waals surface area contributed by atoms with Gasteiger partial charge in [-0.1, -0.05) is 6.07 Å². The Balaban J connectivity index is 1.89. The molecule has 0 saturated carbocycles. The van der Waals surface area contributed by atoms with Crippen molar-refractivity contribution in [3.05, 3.63) is 67.9 Å². The summed E-state index contributed by atoms with van der Waals surface area (Å²) in [5.74, 6) is 1.30. The standard InChI is InChI=1S/C16H15NO2S2/c1-10-8-13(11(2)19-10)16(18)17-15(12-5-7-20-9-12)14-4-3-6-21-14/h3-9,15H,1-2H3,(H,17,18)/t15-/m1/s1. The monoisotopic (exact) mass is 317 g/mol. The first-order chi connectivity index (χ1) is 10.1. The lowest BCUT2D eigenvalue weighted by Gasteiger charge is -2.16. The summed E-state index contributed by atoms with van der Waals surface area (Å²) in [5.41, 5.74) is 1.71. The van der Waals surface area contributed by atoms with Gasteiger partial charge in [-0.25, -0.2) is 0 Å². The quantitative estimate of drug-likeness (QED) is 0.767. The van der Waals surface area contributed by atoms with Crippen LogP contribution in [-0.4, -0.2) is 5.91 Å². The van der Waals surface area contributed by atoms with Gasteiger partial charge in [0, 0.05) is 4.88 Å². The largest absolute Gasteiger partial charge is 0.466 e. The van der Waals surface area contributed by atoms with E-state index in [4.69, 9.17) is 4.42 Å². The molecule has 0 aliphatic rings. The molecular weight excluding hydrogens is 302 g/mol. The van der Waals surface area contributed by atoms with E-state index in [1.54, 1.807) is 28.7 Å². The molecule has 3 rings (SSSR count). The van der Waals surface area contributed by atoms with Gasteiger partial charge in [0.05, 0.1) is 11.6 Å². The van der Waals surface area contributed by atoms with Gasteiger partial charge in [0.25, 0.3) is 5.91 Å². The predicted molar refractivity (Wildman–Crippen MR) is 86.1 cm³/mol. The third kappa shape index (κ3) is 2.94. The van der Waals surface area contributed by atoms with Crippen molar-refractivity contribution < 1.29 is 9.21 Å². The number of aryl methyl sites for hydroxylation is 2. The van der Waals surface area contributed by atoms with Crippen molar-refractivity contribution in [3.8, 4) is 0 Å². The highest BCUT2D eigenvalue weighted by molar-refractivity contribution is 7.10. The molecule has 108 valence electrons. The van der Waals surface area contributed by atoms with Crippen molar-refractivity contribution in [2.24, 2.45) is 0 Å². The molecule has 3 aromatic rings. The van der Waals surface area contributed by atoms with Crippen molar-refractivity contribution in [1.29, 1.82) is 0 Å². The summed E-state index contributed by atoms with van der Waals surface area (Å²) in [5, 5.41) is 9.22. The highest BCUT2D eigenvalue weighted by Gasteiger charge is 2.21. The van der Waals surface area contributed by atoms with Gasteiger partial charge in [-0.2, -0.15) is 11.3 Å². The first-order valence-corrected chi connectivity index (χ1v) is 8.41. The van der Waals surface area contributed by atoms with Crippen LogP contribution in [0, 0.1) is 13.8 Å². The maximum atomic E-state index is 12.5. The van der Waals surface area contributed by atoms with E-state index in [0.29, 0.717) is 11.3 Å². The molecule has 0 fully saturated rings. The van der Waals surface area contributed by atoms with E-state index < -0.39 is 0 Å². The molecule has 21 heavy (non-hydrogen) atoms. The van der Waals surface area contributed by atoms with Gasteiger partial charge in [-0.15, -0.1) is 11.3 Å². The molecular formula is C16H15NO2S2. The van der Waals surface area contributed by atoms with Gasteiger partial charge in [-0.3, -0.25) is 4.79 Å². The smallest absolute Gasteiger partial charge is 0.255 e. The first-order valence-electron chi connectivity index (χ1n) is 6.58. The fourth-order valence-electron chi connectivity index (χ4n) is 2.28. The molecule has 3 aromatic heterocycles. The van der Waals surface area contributed by atoms with E-state index in [1.807, 2.05) is 42.8 Å². The Hall–Kier alpha value is -1.85. The third-order valence-electron chi connectivity index (χ3n) is 3.27. The highest BCUT2D eigenvalue weighted by atomic mass is 32.1. The molecule has 1 N–H and O–H groups in total. The Kier molecular flexibility index (Phi) is 3.94. The van der Waals surface area contributed by atoms with Crippen molar-refractivity contribution in [2.45, 2.75) is 19.9 Å². The van der Waals surface area contributed by atoms with Crippen LogP contribution in [0.15, 0.2) is 44.8 Å². The van der Waals surface area contributed by atoms with Crippen molar-refractivity contribution in [1.82, 2.24) is 5.32 Å². The van der Waals surface area contributed by atoms with Gasteiger partial charge in [-0.05, 0) is 53.8 Å². The lowest BCUT2D eigenvalue weighted by Crippen LogP contribution is -2.28. The van der Waals surface area contributed by atoms with E-state index in [1.165, 1.54) is 0 Å². The molecule has 0 spiro atoms. The van der Waals surface area contributed by atoms with Crippen LogP contribution in [0.2, 0.25) is 0 Å². The van der Waals surface area contributed by atoms with Crippen LogP contribution in [0.5, 0.6) is 0 Å². The van der Waals surface area contributed by atoms with E-state index in [9.17, 15) is 4.79 Å². The number of rotatable bonds is 4. The fraction of sp³-hybridized carbons (Fsp3) is 0.188. The number of carbonyl (C=O) groups is 1. The second kappa shape index (κ2) is 5.87. The van der Waals surface area contributed by atoms with Crippen LogP contribution in [0.1, 0.15) is 38.4 Å². The summed E-state index contributed by atoms with van der Waals surface area (Å²) in [6.45, 7) is 3.66. The molecule has 0 radical (unpaired) electrons. The summed E-state index contributed by atoms with van der Waals surface area (Å²) in [7, 11) is 0. The van der Waals surface area contributed by atoms with Crippen LogP contribution < -0.4 is 5.32 Å². The second-order valence-corrected chi connectivity index (χ2v) is 6.56. The zero-order valence-corrected chi connectivity index (χ0v) is 13.4. The first kappa shape index (κ1) is 14.1. The Labute approximate surface area is 131 Å². The Morgan fingerprint density at radius 3 is 2.71 bits per heavy atom. The summed E-state index contributed by atoms with van der Waals surface area (Å²) in [6, 6.07) is 7.75. The van der Waals surface area contributed by atoms with E-state index in [0.717, 1.165) is 16.2 Å². The summed E-state index contributed by atoms with van der Waals surface area (Å²) >= 11 is 3.27. The van der Waals surface area contributed by atoms with Crippen LogP contribution in [0.4, 0.5) is 0 Å². The Morgan fingerprint density at radius 1 is 1.29 bits per heavy atom. The molecule has 0 saturated heterocycles. The maximum absolute atomic E-state index is 12.5. The molecule has 0 aliphatic heterocycles. The number of hydrogen-bond acceptors (Lipinski definition) is 4. The van der Waals surface area contributed by atoms with Crippen molar-refractivity contribution >= 4 is 28.6 Å². The van der Waals surface area contributed by atoms with Gasteiger partial charge in [0.2, 0.25) is 0 Å². The molecule has 0 aromatic carbocycles. The molecule has 1 amide bonds. The zero-order chi connectivity index (χ0) is 14.8. The number of hydrogen-bond donors (Lipinski definition) is 1. The SMILES string of the molecule is Cc1cc(C(=O)N[C@H](c2ccsc2)c2cccs2)c(C)o1. The van der Waals surface area contributed by atoms with E-state index >= 15 is 0 Å². The minimum Gasteiger partial charge on any atom is -0.466 e. The Bertz CT molecular complexity index is 692. The number of furan rings is 1. The van der Waals surface area contributed by atoms with E-state index in [2.05, 4.69) is 10.7 Å². The van der Waals surface area contributed by atoms with Gasteiger partial charge in [0.15, 0.2) is 0 Å². The molecule has 3 heterocycles. The number of amides is 1. The summed E-state index contributed by atoms with van der Waals surface area (Å²) in [6.07, 6.45) is 0. The average molecular weight is 317 g/mol. The molecule has 3 nitrogen and oxygen atoms in total. The Morgan fingerprint density at radius 2 is 2.14 bits per heavy atom. The summed E-state index contributed by atoms with van der Waals surface area (Å²) in [4.78, 5) is 13.6. The minimum absolute atomic E-state index is 0.103. The molecule has 0 bridgehead atoms. The van der Waals surface area contributed by atoms with Crippen LogP contribution in [0.3, 0.4) is 0 Å². The van der Waals surface area contributed by atoms with Gasteiger partial charge >= 0.3 is 0 Å². The molecule has 1 atom stereocenters. The lowest BCUT2D eigenvalue weighted by atomic mass is 10.1. The van der Waals surface area contributed by atoms with Crippen LogP contribution in [0.25, 0.3) is 0 Å². The maximum Gasteiger partial charge on any atom is 0.255 e. The fourth-order valence-corrected chi connectivity index (χ4v) is 3.77. The lowest BCUT2D eigenvalue weighted by molar-refractivity contribution is 0.0942. The predicted octanol–water partition coefficient (Wildman–Crippen LogP) is 4.54. The van der Waals surface area contributed by atoms with Crippen molar-refractivity contribution in [3.63, 3.8) is 0 Å². The molecule has 5 heteroatoms. The van der Waals surface area contributed by atoms with E-state index in [-0.39, 0.29) is 11.9 Å². The molecule has 0 unspecified atom stereocenters. The number of thiophene rings is 2. The second-order valence-electron chi connectivity index (χ2n) is 4.81. The zero-order valence-electron chi connectivity index (χ0n) is 11.8.